The van der Waals surface area contributed by atoms with Gasteiger partial charge in [0.25, 0.3) is 0 Å². The van der Waals surface area contributed by atoms with Crippen LogP contribution in [-0.4, -0.2) is 23.1 Å². The van der Waals surface area contributed by atoms with Gasteiger partial charge in [0.1, 0.15) is 5.75 Å². The van der Waals surface area contributed by atoms with Crippen molar-refractivity contribution < 1.29 is 14.7 Å². The molecule has 0 radical (unpaired) electrons. The molecule has 0 aromatic heterocycles. The Hall–Kier alpha value is -3.19. The van der Waals surface area contributed by atoms with Crippen LogP contribution in [0.1, 0.15) is 5.56 Å². The number of benzene rings is 3. The Morgan fingerprint density at radius 1 is 1.00 bits per heavy atom. The van der Waals surface area contributed by atoms with Crippen LogP contribution in [0.3, 0.4) is 0 Å². The second-order valence-corrected chi connectivity index (χ2v) is 6.30. The van der Waals surface area contributed by atoms with E-state index in [0.29, 0.717) is 11.3 Å². The predicted molar refractivity (Wildman–Crippen MR) is 104 cm³/mol. The van der Waals surface area contributed by atoms with Crippen LogP contribution >= 0.6 is 15.9 Å². The van der Waals surface area contributed by atoms with Gasteiger partial charge in [0.05, 0.1) is 6.21 Å². The molecule has 0 spiro atoms. The van der Waals surface area contributed by atoms with E-state index in [1.165, 1.54) is 12.3 Å². The van der Waals surface area contributed by atoms with Crippen molar-refractivity contribution in [3.8, 4) is 5.75 Å². The molecule has 3 aromatic carbocycles. The van der Waals surface area contributed by atoms with Crippen molar-refractivity contribution >= 4 is 50.4 Å². The molecule has 6 nitrogen and oxygen atoms in total. The molecule has 0 aliphatic heterocycles. The monoisotopic (exact) mass is 411 g/mol. The molecule has 3 N–H and O–H groups in total. The summed E-state index contributed by atoms with van der Waals surface area (Å²) in [5.41, 5.74) is 3.07. The highest BCUT2D eigenvalue weighted by Gasteiger charge is 2.14. The summed E-state index contributed by atoms with van der Waals surface area (Å²) in [5, 5.41) is 17.8. The second kappa shape index (κ2) is 7.79. The number of phenols is 1. The summed E-state index contributed by atoms with van der Waals surface area (Å²) in [6.07, 6.45) is 1.25. The molecule has 3 aromatic rings. The minimum atomic E-state index is -0.913. The average molecular weight is 412 g/mol. The van der Waals surface area contributed by atoms with E-state index in [1.54, 1.807) is 24.3 Å². The summed E-state index contributed by atoms with van der Waals surface area (Å²) in [5.74, 6) is -1.74. The van der Waals surface area contributed by atoms with E-state index in [0.717, 1.165) is 15.2 Å². The van der Waals surface area contributed by atoms with Crippen LogP contribution < -0.4 is 10.7 Å². The van der Waals surface area contributed by atoms with Crippen molar-refractivity contribution in [2.75, 3.05) is 5.32 Å². The van der Waals surface area contributed by atoms with E-state index in [1.807, 2.05) is 30.3 Å². The third-order valence-electron chi connectivity index (χ3n) is 3.60. The van der Waals surface area contributed by atoms with Crippen LogP contribution in [0.15, 0.2) is 70.2 Å². The molecule has 130 valence electrons. The van der Waals surface area contributed by atoms with Gasteiger partial charge in [-0.3, -0.25) is 9.59 Å². The highest BCUT2D eigenvalue weighted by atomic mass is 79.9. The lowest BCUT2D eigenvalue weighted by Crippen LogP contribution is -2.32. The van der Waals surface area contributed by atoms with Gasteiger partial charge in [0.15, 0.2) is 0 Å². The maximum Gasteiger partial charge on any atom is 0.329 e. The van der Waals surface area contributed by atoms with Crippen molar-refractivity contribution in [1.82, 2.24) is 5.43 Å². The van der Waals surface area contributed by atoms with Crippen LogP contribution in [0.25, 0.3) is 10.8 Å². The number of aromatic hydroxyl groups is 1. The lowest BCUT2D eigenvalue weighted by molar-refractivity contribution is -0.136. The first-order valence-electron chi connectivity index (χ1n) is 7.65. The van der Waals surface area contributed by atoms with Gasteiger partial charge in [-0.15, -0.1) is 0 Å². The normalized spacial score (nSPS) is 10.8. The second-order valence-electron chi connectivity index (χ2n) is 5.38. The summed E-state index contributed by atoms with van der Waals surface area (Å²) < 4.78 is 0.747. The largest absolute Gasteiger partial charge is 0.507 e. The van der Waals surface area contributed by atoms with Crippen molar-refractivity contribution in [2.45, 2.75) is 0 Å². The van der Waals surface area contributed by atoms with Crippen molar-refractivity contribution in [2.24, 2.45) is 5.10 Å². The minimum Gasteiger partial charge on any atom is -0.507 e. The number of hydrogen-bond donors (Lipinski definition) is 3. The standard InChI is InChI=1S/C19H14BrN3O3/c20-14-8-9-17(24)13(10-14)11-21-23-19(26)18(25)22-16-7-3-5-12-4-1-2-6-15(12)16/h1-11,24H,(H,22,25)(H,23,26)/b21-11-. The zero-order valence-corrected chi connectivity index (χ0v) is 15.0. The Kier molecular flexibility index (Phi) is 5.28. The maximum atomic E-state index is 12.1. The van der Waals surface area contributed by atoms with Gasteiger partial charge in [-0.25, -0.2) is 5.43 Å². The number of anilines is 1. The maximum absolute atomic E-state index is 12.1. The quantitative estimate of drug-likeness (QED) is 0.350. The van der Waals surface area contributed by atoms with Crippen LogP contribution in [-0.2, 0) is 9.59 Å². The average Bonchev–Trinajstić information content (AvgIpc) is 2.64. The molecular weight excluding hydrogens is 398 g/mol. The predicted octanol–water partition coefficient (Wildman–Crippen LogP) is 3.40. The molecule has 0 fully saturated rings. The Bertz CT molecular complexity index is 1010. The number of fused-ring (bicyclic) bond motifs is 1. The highest BCUT2D eigenvalue weighted by molar-refractivity contribution is 9.10. The van der Waals surface area contributed by atoms with Crippen LogP contribution in [0.2, 0.25) is 0 Å². The lowest BCUT2D eigenvalue weighted by Gasteiger charge is -2.07. The molecule has 7 heteroatoms. The van der Waals surface area contributed by atoms with E-state index in [2.05, 4.69) is 31.8 Å². The van der Waals surface area contributed by atoms with E-state index in [-0.39, 0.29) is 5.75 Å². The first-order valence-corrected chi connectivity index (χ1v) is 8.44. The molecule has 2 amide bonds. The number of nitrogens with one attached hydrogen (secondary N) is 2. The topological polar surface area (TPSA) is 90.8 Å². The molecule has 3 rings (SSSR count). The fourth-order valence-corrected chi connectivity index (χ4v) is 2.73. The van der Waals surface area contributed by atoms with Gasteiger partial charge >= 0.3 is 11.8 Å². The Morgan fingerprint density at radius 3 is 2.62 bits per heavy atom. The molecule has 0 aliphatic carbocycles. The van der Waals surface area contributed by atoms with Gasteiger partial charge < -0.3 is 10.4 Å². The van der Waals surface area contributed by atoms with Gasteiger partial charge in [0, 0.05) is 21.1 Å². The number of nitrogens with zero attached hydrogens (tertiary/aromatic N) is 1. The van der Waals surface area contributed by atoms with Crippen molar-refractivity contribution in [3.63, 3.8) is 0 Å². The minimum absolute atomic E-state index is 0.00593. The number of amides is 2. The molecule has 0 saturated heterocycles. The smallest absolute Gasteiger partial charge is 0.329 e. The van der Waals surface area contributed by atoms with Crippen molar-refractivity contribution in [1.29, 1.82) is 0 Å². The van der Waals surface area contributed by atoms with Crippen LogP contribution in [0.5, 0.6) is 5.75 Å². The first-order chi connectivity index (χ1) is 12.5. The Balaban J connectivity index is 1.67. The SMILES string of the molecule is O=C(N/N=C\c1cc(Br)ccc1O)C(=O)Nc1cccc2ccccc12. The van der Waals surface area contributed by atoms with Gasteiger partial charge in [-0.2, -0.15) is 5.10 Å². The summed E-state index contributed by atoms with van der Waals surface area (Å²) >= 11 is 3.27. The molecule has 0 unspecified atom stereocenters. The number of phenolic OH excluding ortho intramolecular Hbond substituents is 1. The molecule has 0 heterocycles. The zero-order chi connectivity index (χ0) is 18.5. The van der Waals surface area contributed by atoms with Gasteiger partial charge in [-0.1, -0.05) is 52.3 Å². The summed E-state index contributed by atoms with van der Waals surface area (Å²) in [7, 11) is 0. The lowest BCUT2D eigenvalue weighted by atomic mass is 10.1. The third kappa shape index (κ3) is 4.07. The van der Waals surface area contributed by atoms with Crippen LogP contribution in [0, 0.1) is 0 Å². The number of rotatable bonds is 3. The number of hydrogen-bond acceptors (Lipinski definition) is 4. The van der Waals surface area contributed by atoms with Gasteiger partial charge in [-0.05, 0) is 29.7 Å². The highest BCUT2D eigenvalue weighted by Crippen LogP contribution is 2.23. The fourth-order valence-electron chi connectivity index (χ4n) is 2.35. The Morgan fingerprint density at radius 2 is 1.77 bits per heavy atom. The zero-order valence-electron chi connectivity index (χ0n) is 13.4. The molecule has 26 heavy (non-hydrogen) atoms. The van der Waals surface area contributed by atoms with Gasteiger partial charge in [0.2, 0.25) is 0 Å². The number of carbonyl (C=O) groups excluding carboxylic acids is 2. The van der Waals surface area contributed by atoms with E-state index in [9.17, 15) is 14.7 Å². The molecular formula is C19H14BrN3O3. The van der Waals surface area contributed by atoms with E-state index in [4.69, 9.17) is 0 Å². The molecule has 0 atom stereocenters. The molecule has 0 aliphatic rings. The Labute approximate surface area is 157 Å². The van der Waals surface area contributed by atoms with E-state index < -0.39 is 11.8 Å². The number of halogens is 1. The summed E-state index contributed by atoms with van der Waals surface area (Å²) in [6, 6.07) is 17.7. The van der Waals surface area contributed by atoms with Crippen LogP contribution in [0.4, 0.5) is 5.69 Å². The molecule has 0 bridgehead atoms. The summed E-state index contributed by atoms with van der Waals surface area (Å²) in [4.78, 5) is 24.0. The van der Waals surface area contributed by atoms with E-state index >= 15 is 0 Å². The number of carbonyl (C=O) groups is 2. The summed E-state index contributed by atoms with van der Waals surface area (Å²) in [6.45, 7) is 0. The number of hydrazone groups is 1. The molecule has 0 saturated carbocycles. The fraction of sp³-hybridized carbons (Fsp3) is 0. The third-order valence-corrected chi connectivity index (χ3v) is 4.10. The first kappa shape index (κ1) is 17.6. The van der Waals surface area contributed by atoms with Crippen molar-refractivity contribution in [3.05, 3.63) is 70.7 Å².